The summed E-state index contributed by atoms with van der Waals surface area (Å²) in [7, 11) is 0. The van der Waals surface area contributed by atoms with Gasteiger partial charge in [-0.3, -0.25) is 0 Å². The second kappa shape index (κ2) is 3.30. The van der Waals surface area contributed by atoms with Crippen molar-refractivity contribution in [2.45, 2.75) is 20.5 Å². The van der Waals surface area contributed by atoms with Gasteiger partial charge in [0.1, 0.15) is 18.2 Å². The molecule has 0 unspecified atom stereocenters. The predicted octanol–water partition coefficient (Wildman–Crippen LogP) is 2.65. The van der Waals surface area contributed by atoms with Crippen molar-refractivity contribution in [3.63, 3.8) is 0 Å². The van der Waals surface area contributed by atoms with E-state index in [1.165, 1.54) is 0 Å². The van der Waals surface area contributed by atoms with E-state index in [4.69, 9.17) is 4.74 Å². The average molecular weight is 212 g/mol. The molecular formula is C13H12N2O. The van der Waals surface area contributed by atoms with Gasteiger partial charge in [-0.2, -0.15) is 0 Å². The summed E-state index contributed by atoms with van der Waals surface area (Å²) in [4.78, 5) is 8.89. The Labute approximate surface area is 94.1 Å². The molecule has 1 aromatic carbocycles. The van der Waals surface area contributed by atoms with Crippen LogP contribution in [0.25, 0.3) is 11.3 Å². The minimum Gasteiger partial charge on any atom is -0.488 e. The molecule has 0 amide bonds. The van der Waals surface area contributed by atoms with Crippen molar-refractivity contribution < 1.29 is 4.74 Å². The average Bonchev–Trinajstić information content (AvgIpc) is 2.28. The molecule has 3 rings (SSSR count). The van der Waals surface area contributed by atoms with Gasteiger partial charge < -0.3 is 4.74 Å². The molecule has 0 bridgehead atoms. The number of fused-ring (bicyclic) bond motifs is 3. The molecule has 0 spiro atoms. The normalized spacial score (nSPS) is 12.6. The van der Waals surface area contributed by atoms with Gasteiger partial charge in [0.05, 0.1) is 5.69 Å². The van der Waals surface area contributed by atoms with Gasteiger partial charge in [0.2, 0.25) is 0 Å². The minimum absolute atomic E-state index is 0.568. The van der Waals surface area contributed by atoms with Crippen LogP contribution >= 0.6 is 0 Å². The van der Waals surface area contributed by atoms with Gasteiger partial charge in [-0.05, 0) is 26.0 Å². The number of ether oxygens (including phenoxy) is 1. The van der Waals surface area contributed by atoms with Crippen LogP contribution < -0.4 is 4.74 Å². The van der Waals surface area contributed by atoms with Crippen molar-refractivity contribution in [1.82, 2.24) is 9.97 Å². The fourth-order valence-electron chi connectivity index (χ4n) is 2.07. The first kappa shape index (κ1) is 9.33. The summed E-state index contributed by atoms with van der Waals surface area (Å²) in [5.41, 5.74) is 4.20. The standard InChI is InChI=1S/C13H12N2O/c1-8-11-7-16-12-6-4-3-5-10(12)13(11)15-9(2)14-8/h3-6H,7H2,1-2H3. The van der Waals surface area contributed by atoms with Crippen LogP contribution in [-0.4, -0.2) is 9.97 Å². The molecule has 16 heavy (non-hydrogen) atoms. The molecule has 3 nitrogen and oxygen atoms in total. The summed E-state index contributed by atoms with van der Waals surface area (Å²) >= 11 is 0. The SMILES string of the molecule is Cc1nc(C)c2c(n1)-c1ccccc1OC2. The van der Waals surface area contributed by atoms with Crippen LogP contribution in [0.2, 0.25) is 0 Å². The molecule has 0 saturated carbocycles. The smallest absolute Gasteiger partial charge is 0.129 e. The summed E-state index contributed by atoms with van der Waals surface area (Å²) in [6.45, 7) is 4.49. The van der Waals surface area contributed by atoms with Crippen LogP contribution in [0.5, 0.6) is 5.75 Å². The summed E-state index contributed by atoms with van der Waals surface area (Å²) in [6.07, 6.45) is 0. The number of rotatable bonds is 0. The summed E-state index contributed by atoms with van der Waals surface area (Å²) in [5, 5.41) is 0. The number of hydrogen-bond donors (Lipinski definition) is 0. The summed E-state index contributed by atoms with van der Waals surface area (Å²) < 4.78 is 5.69. The fourth-order valence-corrected chi connectivity index (χ4v) is 2.07. The third-order valence-corrected chi connectivity index (χ3v) is 2.84. The number of aromatic nitrogens is 2. The van der Waals surface area contributed by atoms with E-state index in [0.717, 1.165) is 34.1 Å². The number of hydrogen-bond acceptors (Lipinski definition) is 3. The molecule has 2 aromatic rings. The van der Waals surface area contributed by atoms with E-state index < -0.39 is 0 Å². The molecule has 1 aliphatic rings. The lowest BCUT2D eigenvalue weighted by Gasteiger charge is -2.21. The van der Waals surface area contributed by atoms with Gasteiger partial charge >= 0.3 is 0 Å². The largest absolute Gasteiger partial charge is 0.488 e. The lowest BCUT2D eigenvalue weighted by Crippen LogP contribution is -2.11. The first-order chi connectivity index (χ1) is 7.75. The Morgan fingerprint density at radius 1 is 1.12 bits per heavy atom. The Morgan fingerprint density at radius 2 is 1.94 bits per heavy atom. The van der Waals surface area contributed by atoms with Crippen LogP contribution in [0.1, 0.15) is 17.1 Å². The molecule has 0 aliphatic carbocycles. The van der Waals surface area contributed by atoms with Gasteiger partial charge in [0.15, 0.2) is 0 Å². The van der Waals surface area contributed by atoms with Crippen molar-refractivity contribution in [2.75, 3.05) is 0 Å². The molecule has 1 aromatic heterocycles. The predicted molar refractivity (Wildman–Crippen MR) is 61.3 cm³/mol. The molecule has 3 heteroatoms. The van der Waals surface area contributed by atoms with Gasteiger partial charge in [-0.25, -0.2) is 9.97 Å². The van der Waals surface area contributed by atoms with Crippen LogP contribution in [0.3, 0.4) is 0 Å². The maximum atomic E-state index is 5.69. The van der Waals surface area contributed by atoms with E-state index in [-0.39, 0.29) is 0 Å². The zero-order valence-corrected chi connectivity index (χ0v) is 9.32. The highest BCUT2D eigenvalue weighted by Gasteiger charge is 2.20. The highest BCUT2D eigenvalue weighted by Crippen LogP contribution is 2.36. The quantitative estimate of drug-likeness (QED) is 0.673. The molecule has 0 radical (unpaired) electrons. The van der Waals surface area contributed by atoms with Crippen molar-refractivity contribution in [3.05, 3.63) is 41.3 Å². The van der Waals surface area contributed by atoms with Crippen molar-refractivity contribution in [1.29, 1.82) is 0 Å². The van der Waals surface area contributed by atoms with E-state index in [1.54, 1.807) is 0 Å². The number of para-hydroxylation sites is 1. The van der Waals surface area contributed by atoms with Gasteiger partial charge in [0.25, 0.3) is 0 Å². The molecule has 2 heterocycles. The van der Waals surface area contributed by atoms with E-state index in [0.29, 0.717) is 6.61 Å². The third-order valence-electron chi connectivity index (χ3n) is 2.84. The van der Waals surface area contributed by atoms with Gasteiger partial charge in [-0.1, -0.05) is 12.1 Å². The summed E-state index contributed by atoms with van der Waals surface area (Å²) in [6, 6.07) is 8.00. The van der Waals surface area contributed by atoms with Crippen molar-refractivity contribution in [3.8, 4) is 17.0 Å². The Morgan fingerprint density at radius 3 is 2.81 bits per heavy atom. The first-order valence-electron chi connectivity index (χ1n) is 5.32. The van der Waals surface area contributed by atoms with E-state index in [9.17, 15) is 0 Å². The van der Waals surface area contributed by atoms with E-state index in [2.05, 4.69) is 9.97 Å². The Balaban J connectivity index is 2.31. The monoisotopic (exact) mass is 212 g/mol. The number of aryl methyl sites for hydroxylation is 2. The lowest BCUT2D eigenvalue weighted by atomic mass is 10.0. The topological polar surface area (TPSA) is 35.0 Å². The maximum absolute atomic E-state index is 5.69. The molecule has 0 atom stereocenters. The van der Waals surface area contributed by atoms with Gasteiger partial charge in [0, 0.05) is 16.8 Å². The molecular weight excluding hydrogens is 200 g/mol. The zero-order chi connectivity index (χ0) is 11.1. The molecule has 80 valence electrons. The van der Waals surface area contributed by atoms with Crippen molar-refractivity contribution >= 4 is 0 Å². The lowest BCUT2D eigenvalue weighted by molar-refractivity contribution is 0.299. The molecule has 0 saturated heterocycles. The second-order valence-electron chi connectivity index (χ2n) is 3.97. The Hall–Kier alpha value is -1.90. The summed E-state index contributed by atoms with van der Waals surface area (Å²) in [5.74, 6) is 1.72. The molecule has 1 aliphatic heterocycles. The number of nitrogens with zero attached hydrogens (tertiary/aromatic N) is 2. The first-order valence-corrected chi connectivity index (χ1v) is 5.32. The van der Waals surface area contributed by atoms with Gasteiger partial charge in [-0.15, -0.1) is 0 Å². The van der Waals surface area contributed by atoms with Crippen LogP contribution in [-0.2, 0) is 6.61 Å². The van der Waals surface area contributed by atoms with Crippen LogP contribution in [0.4, 0.5) is 0 Å². The van der Waals surface area contributed by atoms with Crippen LogP contribution in [0.15, 0.2) is 24.3 Å². The number of benzene rings is 1. The molecule has 0 N–H and O–H groups in total. The minimum atomic E-state index is 0.568. The third kappa shape index (κ3) is 1.28. The van der Waals surface area contributed by atoms with Crippen LogP contribution in [0, 0.1) is 13.8 Å². The Kier molecular flexibility index (Phi) is 1.93. The van der Waals surface area contributed by atoms with E-state index in [1.807, 2.05) is 38.1 Å². The van der Waals surface area contributed by atoms with E-state index >= 15 is 0 Å². The highest BCUT2D eigenvalue weighted by atomic mass is 16.5. The Bertz CT molecular complexity index is 564. The van der Waals surface area contributed by atoms with Crippen molar-refractivity contribution in [2.24, 2.45) is 0 Å². The molecule has 0 fully saturated rings. The fraction of sp³-hybridized carbons (Fsp3) is 0.231. The highest BCUT2D eigenvalue weighted by molar-refractivity contribution is 5.72. The second-order valence-corrected chi connectivity index (χ2v) is 3.97. The maximum Gasteiger partial charge on any atom is 0.129 e. The zero-order valence-electron chi connectivity index (χ0n) is 9.32.